The summed E-state index contributed by atoms with van der Waals surface area (Å²) in [6.45, 7) is 8.13. The number of nitrogens with zero attached hydrogens (tertiary/aromatic N) is 4. The smallest absolute Gasteiger partial charge is 0.271 e. The highest BCUT2D eigenvalue weighted by atomic mass is 32.1. The number of hydrogen-bond donors (Lipinski definition) is 3. The molecule has 2 aromatic heterocycles. The van der Waals surface area contributed by atoms with Crippen molar-refractivity contribution >= 4 is 52.2 Å². The molecule has 0 unspecified atom stereocenters. The highest BCUT2D eigenvalue weighted by molar-refractivity contribution is 7.10. The Morgan fingerprint density at radius 3 is 2.36 bits per heavy atom. The van der Waals surface area contributed by atoms with Crippen LogP contribution in [0.2, 0.25) is 0 Å². The summed E-state index contributed by atoms with van der Waals surface area (Å²) in [7, 11) is 0. The molecule has 6 rings (SSSR count). The molecule has 6 bridgehead atoms. The molecule has 7 atom stereocenters. The Morgan fingerprint density at radius 2 is 1.64 bits per heavy atom. The molecule has 3 aliphatic heterocycles. The Morgan fingerprint density at radius 1 is 0.957 bits per heavy atom. The van der Waals surface area contributed by atoms with E-state index in [4.69, 9.17) is 9.73 Å². The van der Waals surface area contributed by atoms with Crippen LogP contribution in [0, 0.1) is 5.92 Å². The van der Waals surface area contributed by atoms with Crippen molar-refractivity contribution in [2.45, 2.75) is 89.7 Å². The van der Waals surface area contributed by atoms with E-state index in [2.05, 4.69) is 25.9 Å². The van der Waals surface area contributed by atoms with Crippen LogP contribution in [0.1, 0.15) is 95.6 Å². The van der Waals surface area contributed by atoms with E-state index < -0.39 is 42.2 Å². The first-order valence-electron chi connectivity index (χ1n) is 16.0. The fourth-order valence-electron chi connectivity index (χ4n) is 6.11. The number of benzene rings is 1. The number of aliphatic imine (C=N–C) groups is 1. The van der Waals surface area contributed by atoms with Crippen LogP contribution in [0.15, 0.2) is 46.1 Å². The van der Waals surface area contributed by atoms with Gasteiger partial charge in [0, 0.05) is 23.7 Å². The molecule has 0 aliphatic carbocycles. The first-order chi connectivity index (χ1) is 22.6. The van der Waals surface area contributed by atoms with Crippen molar-refractivity contribution in [1.29, 1.82) is 0 Å². The number of aromatic nitrogens is 2. The SMILES string of the molecule is CC[C@H](C)[C@H]1NC(=O)[C@H]2N=C(O[C@@H]2C)[C@@H]2CCCN2C(=O)[C@@H](Cc2ccccc2)NC(=O)c2csc(n2)[C@H](C)NC(=O)c2csc1n2. The first-order valence-corrected chi connectivity index (χ1v) is 17.8. The van der Waals surface area contributed by atoms with Gasteiger partial charge in [-0.3, -0.25) is 19.2 Å². The van der Waals surface area contributed by atoms with E-state index in [-0.39, 0.29) is 41.4 Å². The Labute approximate surface area is 281 Å². The monoisotopic (exact) mass is 677 g/mol. The van der Waals surface area contributed by atoms with Crippen LogP contribution < -0.4 is 16.0 Å². The minimum atomic E-state index is -0.879. The van der Waals surface area contributed by atoms with Crippen LogP contribution in [0.4, 0.5) is 0 Å². The zero-order chi connectivity index (χ0) is 33.2. The van der Waals surface area contributed by atoms with Gasteiger partial charge in [0.25, 0.3) is 11.8 Å². The lowest BCUT2D eigenvalue weighted by atomic mass is 9.99. The molecule has 1 fully saturated rings. The van der Waals surface area contributed by atoms with Gasteiger partial charge in [0.2, 0.25) is 17.7 Å². The zero-order valence-electron chi connectivity index (χ0n) is 26.8. The van der Waals surface area contributed by atoms with E-state index >= 15 is 0 Å². The van der Waals surface area contributed by atoms with E-state index in [1.807, 2.05) is 44.2 Å². The van der Waals surface area contributed by atoms with Crippen LogP contribution in [0.3, 0.4) is 0 Å². The molecular weight excluding hydrogens is 639 g/mol. The summed E-state index contributed by atoms with van der Waals surface area (Å²) in [4.78, 5) is 70.3. The maximum absolute atomic E-state index is 14.2. The van der Waals surface area contributed by atoms with E-state index in [0.717, 1.165) is 18.4 Å². The summed E-state index contributed by atoms with van der Waals surface area (Å²) < 4.78 is 6.17. The van der Waals surface area contributed by atoms with E-state index in [0.29, 0.717) is 28.9 Å². The van der Waals surface area contributed by atoms with E-state index in [9.17, 15) is 19.2 Å². The van der Waals surface area contributed by atoms with Gasteiger partial charge in [0.05, 0.1) is 12.1 Å². The molecule has 3 N–H and O–H groups in total. The number of ether oxygens (including phenoxy) is 1. The minimum Gasteiger partial charge on any atom is -0.474 e. The Hall–Kier alpha value is -4.17. The Balaban J connectivity index is 1.37. The van der Waals surface area contributed by atoms with Gasteiger partial charge >= 0.3 is 0 Å². The molecule has 12 nitrogen and oxygen atoms in total. The predicted molar refractivity (Wildman–Crippen MR) is 178 cm³/mol. The summed E-state index contributed by atoms with van der Waals surface area (Å²) in [5.74, 6) is -1.04. The third-order valence-electron chi connectivity index (χ3n) is 9.00. The van der Waals surface area contributed by atoms with Crippen molar-refractivity contribution in [3.63, 3.8) is 0 Å². The molecule has 3 aliphatic rings. The zero-order valence-corrected chi connectivity index (χ0v) is 28.4. The van der Waals surface area contributed by atoms with Crippen molar-refractivity contribution in [3.05, 3.63) is 68.1 Å². The molecule has 0 spiro atoms. The van der Waals surface area contributed by atoms with Gasteiger partial charge in [0.15, 0.2) is 6.04 Å². The van der Waals surface area contributed by atoms with Gasteiger partial charge < -0.3 is 25.6 Å². The van der Waals surface area contributed by atoms with Crippen molar-refractivity contribution in [1.82, 2.24) is 30.8 Å². The first kappa shape index (κ1) is 32.8. The normalized spacial score (nSPS) is 27.5. The van der Waals surface area contributed by atoms with E-state index in [1.54, 1.807) is 29.5 Å². The molecule has 4 amide bonds. The predicted octanol–water partition coefficient (Wildman–Crippen LogP) is 3.83. The third kappa shape index (κ3) is 6.93. The fraction of sp³-hybridized carbons (Fsp3) is 0.485. The van der Waals surface area contributed by atoms with Crippen molar-refractivity contribution in [3.8, 4) is 0 Å². The molecule has 248 valence electrons. The second-order valence-electron chi connectivity index (χ2n) is 12.3. The molecule has 0 radical (unpaired) electrons. The highest BCUT2D eigenvalue weighted by Crippen LogP contribution is 2.30. The number of carbonyl (C=O) groups is 4. The van der Waals surface area contributed by atoms with Gasteiger partial charge in [-0.1, -0.05) is 50.6 Å². The van der Waals surface area contributed by atoms with Crippen LogP contribution in [0.25, 0.3) is 0 Å². The lowest BCUT2D eigenvalue weighted by Crippen LogP contribution is -2.52. The number of carbonyl (C=O) groups excluding carboxylic acids is 4. The van der Waals surface area contributed by atoms with Crippen LogP contribution >= 0.6 is 22.7 Å². The van der Waals surface area contributed by atoms with Crippen LogP contribution in [-0.2, 0) is 20.7 Å². The molecule has 3 aromatic rings. The lowest BCUT2D eigenvalue weighted by molar-refractivity contribution is -0.133. The lowest BCUT2D eigenvalue weighted by Gasteiger charge is -2.29. The number of thiazole rings is 2. The number of amides is 4. The summed E-state index contributed by atoms with van der Waals surface area (Å²) in [5, 5.41) is 13.5. The summed E-state index contributed by atoms with van der Waals surface area (Å²) in [6.07, 6.45) is 1.87. The number of rotatable bonds is 4. The van der Waals surface area contributed by atoms with Crippen molar-refractivity contribution in [2.24, 2.45) is 10.9 Å². The molecule has 1 saturated heterocycles. The standard InChI is InChI=1S/C33H39N7O5S2/c1-5-17(2)25-32-37-22(16-47-32)27(41)34-18(3)31-36-23(15-46-31)28(42)35-21(14-20-10-7-6-8-11-20)33(44)40-13-9-12-24(40)30-39-26(19(4)45-30)29(43)38-25/h6-8,10-11,15-19,21,24-26H,5,9,12-14H2,1-4H3,(H,34,41)(H,35,42)(H,38,43)/t17-,18-,19+,21+,24-,25+,26-/m0/s1. The number of hydrogen-bond acceptors (Lipinski definition) is 10. The Bertz CT molecular complexity index is 1670. The van der Waals surface area contributed by atoms with Gasteiger partial charge in [0.1, 0.15) is 39.6 Å². The molecule has 5 heterocycles. The number of nitrogens with one attached hydrogen (secondary N) is 3. The minimum absolute atomic E-state index is 0.0332. The van der Waals surface area contributed by atoms with Crippen molar-refractivity contribution < 1.29 is 23.9 Å². The largest absolute Gasteiger partial charge is 0.474 e. The summed E-state index contributed by atoms with van der Waals surface area (Å²) >= 11 is 2.57. The maximum atomic E-state index is 14.2. The van der Waals surface area contributed by atoms with Crippen LogP contribution in [-0.4, -0.2) is 75.2 Å². The molecular formula is C33H39N7O5S2. The molecule has 47 heavy (non-hydrogen) atoms. The molecule has 1 aromatic carbocycles. The molecule has 0 saturated carbocycles. The topological polar surface area (TPSA) is 155 Å². The average molecular weight is 678 g/mol. The average Bonchev–Trinajstić information content (AvgIpc) is 3.89. The quantitative estimate of drug-likeness (QED) is 0.379. The molecule has 14 heteroatoms. The maximum Gasteiger partial charge on any atom is 0.271 e. The number of fused-ring (bicyclic) bond motifs is 7. The fourth-order valence-corrected chi connectivity index (χ4v) is 7.90. The van der Waals surface area contributed by atoms with Gasteiger partial charge in [-0.25, -0.2) is 15.0 Å². The highest BCUT2D eigenvalue weighted by Gasteiger charge is 2.43. The van der Waals surface area contributed by atoms with Gasteiger partial charge in [-0.05, 0) is 38.2 Å². The van der Waals surface area contributed by atoms with Crippen molar-refractivity contribution in [2.75, 3.05) is 6.54 Å². The van der Waals surface area contributed by atoms with Gasteiger partial charge in [-0.2, -0.15) is 0 Å². The summed E-state index contributed by atoms with van der Waals surface area (Å²) in [5.41, 5.74) is 1.29. The second-order valence-corrected chi connectivity index (χ2v) is 14.1. The third-order valence-corrected chi connectivity index (χ3v) is 11.0. The van der Waals surface area contributed by atoms with Gasteiger partial charge in [-0.15, -0.1) is 22.7 Å². The van der Waals surface area contributed by atoms with Crippen LogP contribution in [0.5, 0.6) is 0 Å². The Kier molecular flexibility index (Phi) is 9.69. The van der Waals surface area contributed by atoms with E-state index in [1.165, 1.54) is 22.7 Å². The second kappa shape index (κ2) is 13.9. The summed E-state index contributed by atoms with van der Waals surface area (Å²) in [6, 6.07) is 6.43.